The predicted molar refractivity (Wildman–Crippen MR) is 75.3 cm³/mol. The van der Waals surface area contributed by atoms with Gasteiger partial charge >= 0.3 is 0 Å². The molecular weight excluding hydrogens is 222 g/mol. The normalized spacial score (nSPS) is 11.6. The van der Waals surface area contributed by atoms with E-state index in [4.69, 9.17) is 4.52 Å². The van der Waals surface area contributed by atoms with Crippen LogP contribution in [0.25, 0.3) is 16.8 Å². The number of aromatic nitrogens is 1. The van der Waals surface area contributed by atoms with E-state index in [1.165, 1.54) is 5.56 Å². The lowest BCUT2D eigenvalue weighted by Crippen LogP contribution is -1.86. The number of hydrogen-bond acceptors (Lipinski definition) is 2. The largest absolute Gasteiger partial charge is 0.360 e. The quantitative estimate of drug-likeness (QED) is 0.734. The maximum atomic E-state index is 5.32. The first-order chi connectivity index (χ1) is 8.63. The van der Waals surface area contributed by atoms with Gasteiger partial charge in [-0.3, -0.25) is 0 Å². The molecule has 0 N–H and O–H groups in total. The van der Waals surface area contributed by atoms with Gasteiger partial charge in [0, 0.05) is 11.1 Å². The number of benzene rings is 1. The number of nitrogens with zero attached hydrogens (tertiary/aromatic N) is 1. The van der Waals surface area contributed by atoms with Crippen LogP contribution in [0, 0.1) is 13.8 Å². The van der Waals surface area contributed by atoms with E-state index in [0.29, 0.717) is 0 Å². The van der Waals surface area contributed by atoms with Gasteiger partial charge in [-0.15, -0.1) is 0 Å². The molecule has 1 heterocycles. The van der Waals surface area contributed by atoms with Crippen LogP contribution >= 0.6 is 0 Å². The number of aryl methyl sites for hydroxylation is 2. The van der Waals surface area contributed by atoms with Gasteiger partial charge in [-0.2, -0.15) is 0 Å². The van der Waals surface area contributed by atoms with Crippen molar-refractivity contribution in [3.63, 3.8) is 0 Å². The third-order valence-electron chi connectivity index (χ3n) is 2.95. The van der Waals surface area contributed by atoms with Crippen molar-refractivity contribution in [3.05, 3.63) is 59.9 Å². The van der Waals surface area contributed by atoms with Gasteiger partial charge < -0.3 is 4.52 Å². The average Bonchev–Trinajstić information content (AvgIpc) is 2.72. The van der Waals surface area contributed by atoms with E-state index in [1.807, 2.05) is 19.9 Å². The Morgan fingerprint density at radius 1 is 1.22 bits per heavy atom. The highest BCUT2D eigenvalue weighted by Crippen LogP contribution is 2.30. The first-order valence-electron chi connectivity index (χ1n) is 5.96. The average molecular weight is 239 g/mol. The van der Waals surface area contributed by atoms with Crippen molar-refractivity contribution in [2.45, 2.75) is 20.8 Å². The van der Waals surface area contributed by atoms with Crippen molar-refractivity contribution < 1.29 is 4.52 Å². The summed E-state index contributed by atoms with van der Waals surface area (Å²) in [4.78, 5) is 0. The summed E-state index contributed by atoms with van der Waals surface area (Å²) in [5.41, 5.74) is 5.37. The molecule has 2 rings (SSSR count). The fraction of sp³-hybridized carbons (Fsp3) is 0.188. The molecule has 0 aliphatic heterocycles. The van der Waals surface area contributed by atoms with Gasteiger partial charge in [-0.25, -0.2) is 0 Å². The maximum absolute atomic E-state index is 5.32. The van der Waals surface area contributed by atoms with Gasteiger partial charge in [0.1, 0.15) is 11.5 Å². The summed E-state index contributed by atoms with van der Waals surface area (Å²) in [6.07, 6.45) is 3.75. The van der Waals surface area contributed by atoms with Gasteiger partial charge in [-0.05, 0) is 26.3 Å². The highest BCUT2D eigenvalue weighted by molar-refractivity contribution is 5.79. The van der Waals surface area contributed by atoms with E-state index in [2.05, 4.69) is 42.9 Å². The molecule has 2 aromatic rings. The lowest BCUT2D eigenvalue weighted by molar-refractivity contribution is 0.399. The zero-order chi connectivity index (χ0) is 13.1. The van der Waals surface area contributed by atoms with Crippen molar-refractivity contribution in [1.29, 1.82) is 0 Å². The summed E-state index contributed by atoms with van der Waals surface area (Å²) in [7, 11) is 0. The van der Waals surface area contributed by atoms with E-state index >= 15 is 0 Å². The summed E-state index contributed by atoms with van der Waals surface area (Å²) < 4.78 is 5.32. The van der Waals surface area contributed by atoms with Crippen LogP contribution in [0.15, 0.2) is 47.5 Å². The third-order valence-corrected chi connectivity index (χ3v) is 2.95. The second-order valence-electron chi connectivity index (χ2n) is 4.41. The fourth-order valence-corrected chi connectivity index (χ4v) is 2.01. The number of rotatable bonds is 3. The highest BCUT2D eigenvalue weighted by atomic mass is 16.5. The predicted octanol–water partition coefficient (Wildman–Crippen LogP) is 4.55. The van der Waals surface area contributed by atoms with Crippen LogP contribution in [-0.2, 0) is 0 Å². The van der Waals surface area contributed by atoms with Crippen molar-refractivity contribution in [2.75, 3.05) is 0 Å². The highest BCUT2D eigenvalue weighted by Gasteiger charge is 2.15. The standard InChI is InChI=1S/C16H17NO/c1-5-6-12(3)15-13(4)18-17-16(15)14-9-7-11(2)8-10-14/h5-10H,1H2,2-4H3/b12-6+. The van der Waals surface area contributed by atoms with Crippen LogP contribution in [0.3, 0.4) is 0 Å². The monoisotopic (exact) mass is 239 g/mol. The fourth-order valence-electron chi connectivity index (χ4n) is 2.01. The van der Waals surface area contributed by atoms with Gasteiger partial charge in [0.15, 0.2) is 0 Å². The Morgan fingerprint density at radius 3 is 2.50 bits per heavy atom. The molecule has 0 atom stereocenters. The molecule has 0 saturated carbocycles. The molecule has 0 aliphatic carbocycles. The van der Waals surface area contributed by atoms with E-state index in [1.54, 1.807) is 6.08 Å². The summed E-state index contributed by atoms with van der Waals surface area (Å²) in [5.74, 6) is 0.834. The lowest BCUT2D eigenvalue weighted by Gasteiger charge is -2.03. The van der Waals surface area contributed by atoms with Crippen LogP contribution in [0.2, 0.25) is 0 Å². The maximum Gasteiger partial charge on any atom is 0.141 e. The van der Waals surface area contributed by atoms with E-state index in [9.17, 15) is 0 Å². The molecule has 0 amide bonds. The Morgan fingerprint density at radius 2 is 1.89 bits per heavy atom. The molecule has 18 heavy (non-hydrogen) atoms. The molecule has 0 spiro atoms. The molecule has 0 fully saturated rings. The second-order valence-corrected chi connectivity index (χ2v) is 4.41. The van der Waals surface area contributed by atoms with Crippen molar-refractivity contribution >= 4 is 5.57 Å². The lowest BCUT2D eigenvalue weighted by atomic mass is 9.99. The van der Waals surface area contributed by atoms with Crippen LogP contribution < -0.4 is 0 Å². The van der Waals surface area contributed by atoms with E-state index < -0.39 is 0 Å². The zero-order valence-corrected chi connectivity index (χ0v) is 11.0. The summed E-state index contributed by atoms with van der Waals surface area (Å²) in [6, 6.07) is 8.29. The molecule has 2 heteroatoms. The molecular formula is C16H17NO. The van der Waals surface area contributed by atoms with Crippen LogP contribution in [0.1, 0.15) is 23.8 Å². The second kappa shape index (κ2) is 5.05. The summed E-state index contributed by atoms with van der Waals surface area (Å²) in [5, 5.41) is 4.17. The zero-order valence-electron chi connectivity index (χ0n) is 11.0. The Bertz CT molecular complexity index is 588. The minimum atomic E-state index is 0.834. The Hall–Kier alpha value is -2.09. The molecule has 1 aromatic carbocycles. The molecule has 0 bridgehead atoms. The number of allylic oxidation sites excluding steroid dienone is 3. The molecule has 0 aliphatic rings. The first-order valence-corrected chi connectivity index (χ1v) is 5.96. The third kappa shape index (κ3) is 2.28. The van der Waals surface area contributed by atoms with Crippen LogP contribution in [-0.4, -0.2) is 5.16 Å². The number of hydrogen-bond donors (Lipinski definition) is 0. The van der Waals surface area contributed by atoms with Gasteiger partial charge in [0.25, 0.3) is 0 Å². The van der Waals surface area contributed by atoms with E-state index in [0.717, 1.165) is 28.2 Å². The summed E-state index contributed by atoms with van der Waals surface area (Å²) in [6.45, 7) is 9.77. The Labute approximate surface area is 108 Å². The van der Waals surface area contributed by atoms with Crippen molar-refractivity contribution in [3.8, 4) is 11.3 Å². The molecule has 0 radical (unpaired) electrons. The minimum absolute atomic E-state index is 0.834. The smallest absolute Gasteiger partial charge is 0.141 e. The van der Waals surface area contributed by atoms with Crippen molar-refractivity contribution in [1.82, 2.24) is 5.16 Å². The Kier molecular flexibility index (Phi) is 3.47. The van der Waals surface area contributed by atoms with Crippen LogP contribution in [0.5, 0.6) is 0 Å². The van der Waals surface area contributed by atoms with Crippen LogP contribution in [0.4, 0.5) is 0 Å². The van der Waals surface area contributed by atoms with E-state index in [-0.39, 0.29) is 0 Å². The molecule has 2 nitrogen and oxygen atoms in total. The minimum Gasteiger partial charge on any atom is -0.360 e. The van der Waals surface area contributed by atoms with Gasteiger partial charge in [0.2, 0.25) is 0 Å². The molecule has 1 aromatic heterocycles. The Balaban J connectivity index is 2.55. The first kappa shape index (κ1) is 12.4. The molecule has 0 saturated heterocycles. The molecule has 0 unspecified atom stereocenters. The van der Waals surface area contributed by atoms with Gasteiger partial charge in [0.05, 0.1) is 0 Å². The summed E-state index contributed by atoms with van der Waals surface area (Å²) >= 11 is 0. The molecule has 92 valence electrons. The van der Waals surface area contributed by atoms with Crippen molar-refractivity contribution in [2.24, 2.45) is 0 Å². The van der Waals surface area contributed by atoms with Gasteiger partial charge in [-0.1, -0.05) is 53.7 Å². The SMILES string of the molecule is C=C/C=C(\C)c1c(-c2ccc(C)cc2)noc1C. The topological polar surface area (TPSA) is 26.0 Å².